The lowest BCUT2D eigenvalue weighted by Gasteiger charge is -2.25. The minimum atomic E-state index is -0.559. The number of nitrogens with zero attached hydrogens (tertiary/aromatic N) is 1. The lowest BCUT2D eigenvalue weighted by atomic mass is 10.1. The minimum Gasteiger partial charge on any atom is -0.496 e. The van der Waals surface area contributed by atoms with E-state index in [0.29, 0.717) is 48.8 Å². The van der Waals surface area contributed by atoms with Crippen molar-refractivity contribution in [2.45, 2.75) is 25.3 Å². The van der Waals surface area contributed by atoms with Crippen LogP contribution in [0.25, 0.3) is 0 Å². The van der Waals surface area contributed by atoms with Crippen LogP contribution in [0, 0.1) is 0 Å². The third kappa shape index (κ3) is 5.98. The second-order valence-electron chi connectivity index (χ2n) is 7.30. The van der Waals surface area contributed by atoms with Gasteiger partial charge in [0.2, 0.25) is 11.8 Å². The number of hydrogen-bond acceptors (Lipinski definition) is 4. The van der Waals surface area contributed by atoms with Gasteiger partial charge in [-0.15, -0.1) is 0 Å². The van der Waals surface area contributed by atoms with Crippen LogP contribution >= 0.6 is 11.6 Å². The van der Waals surface area contributed by atoms with Crippen molar-refractivity contribution in [1.82, 2.24) is 15.5 Å². The van der Waals surface area contributed by atoms with Crippen LogP contribution in [0.2, 0.25) is 5.02 Å². The standard InChI is InChI=1S/C23H26ClN3O4/c1-31-20-10-9-17(24)15-18(20)23(30)27-13-5-8-19(27)22(29)26-12-11-25-21(28)14-16-6-3-2-4-7-16/h2-4,6-7,9-10,15,19H,5,8,11-14H2,1H3,(H,25,28)(H,26,29). The van der Waals surface area contributed by atoms with Crippen LogP contribution in [0.5, 0.6) is 5.75 Å². The Balaban J connectivity index is 1.50. The van der Waals surface area contributed by atoms with Crippen molar-refractivity contribution >= 4 is 29.3 Å². The van der Waals surface area contributed by atoms with Crippen LogP contribution in [0.3, 0.4) is 0 Å². The molecule has 3 rings (SSSR count). The van der Waals surface area contributed by atoms with Crippen molar-refractivity contribution in [2.24, 2.45) is 0 Å². The molecule has 0 saturated carbocycles. The van der Waals surface area contributed by atoms with E-state index in [1.165, 1.54) is 7.11 Å². The Morgan fingerprint density at radius 1 is 1.10 bits per heavy atom. The van der Waals surface area contributed by atoms with Crippen molar-refractivity contribution in [1.29, 1.82) is 0 Å². The van der Waals surface area contributed by atoms with Gasteiger partial charge < -0.3 is 20.3 Å². The molecule has 0 spiro atoms. The van der Waals surface area contributed by atoms with Crippen LogP contribution in [-0.2, 0) is 16.0 Å². The molecule has 0 radical (unpaired) electrons. The smallest absolute Gasteiger partial charge is 0.258 e. The molecule has 2 N–H and O–H groups in total. The molecule has 2 aromatic carbocycles. The van der Waals surface area contributed by atoms with E-state index < -0.39 is 6.04 Å². The summed E-state index contributed by atoms with van der Waals surface area (Å²) < 4.78 is 5.27. The van der Waals surface area contributed by atoms with Gasteiger partial charge in [0.25, 0.3) is 5.91 Å². The summed E-state index contributed by atoms with van der Waals surface area (Å²) >= 11 is 6.04. The molecule has 1 unspecified atom stereocenters. The summed E-state index contributed by atoms with van der Waals surface area (Å²) in [5.41, 5.74) is 1.27. The molecule has 0 aromatic heterocycles. The van der Waals surface area contributed by atoms with Crippen LogP contribution in [0.1, 0.15) is 28.8 Å². The fraction of sp³-hybridized carbons (Fsp3) is 0.348. The van der Waals surface area contributed by atoms with Gasteiger partial charge in [-0.1, -0.05) is 41.9 Å². The van der Waals surface area contributed by atoms with E-state index >= 15 is 0 Å². The largest absolute Gasteiger partial charge is 0.496 e. The average molecular weight is 444 g/mol. The number of methoxy groups -OCH3 is 1. The Hall–Kier alpha value is -3.06. The average Bonchev–Trinajstić information content (AvgIpc) is 3.27. The number of carbonyl (C=O) groups excluding carboxylic acids is 3. The molecule has 7 nitrogen and oxygen atoms in total. The zero-order valence-electron chi connectivity index (χ0n) is 17.4. The first kappa shape index (κ1) is 22.6. The summed E-state index contributed by atoms with van der Waals surface area (Å²) in [5.74, 6) is -0.204. The fourth-order valence-corrected chi connectivity index (χ4v) is 3.81. The zero-order valence-corrected chi connectivity index (χ0v) is 18.2. The highest BCUT2D eigenvalue weighted by atomic mass is 35.5. The molecule has 2 aromatic rings. The van der Waals surface area contributed by atoms with Crippen LogP contribution in [0.4, 0.5) is 0 Å². The molecule has 1 atom stereocenters. The van der Waals surface area contributed by atoms with Crippen molar-refractivity contribution in [3.05, 3.63) is 64.7 Å². The Kier molecular flexibility index (Phi) is 7.89. The molecule has 1 fully saturated rings. The summed E-state index contributed by atoms with van der Waals surface area (Å²) in [5, 5.41) is 6.03. The molecule has 3 amide bonds. The summed E-state index contributed by atoms with van der Waals surface area (Å²) in [6, 6.07) is 13.7. The monoisotopic (exact) mass is 443 g/mol. The highest BCUT2D eigenvalue weighted by Gasteiger charge is 2.35. The molecule has 1 saturated heterocycles. The summed E-state index contributed by atoms with van der Waals surface area (Å²) in [6.45, 7) is 1.10. The van der Waals surface area contributed by atoms with Gasteiger partial charge in [-0.05, 0) is 36.6 Å². The molecule has 164 valence electrons. The van der Waals surface area contributed by atoms with Crippen molar-refractivity contribution < 1.29 is 19.1 Å². The second-order valence-corrected chi connectivity index (χ2v) is 7.74. The quantitative estimate of drug-likeness (QED) is 0.613. The summed E-state index contributed by atoms with van der Waals surface area (Å²) in [6.07, 6.45) is 1.61. The Labute approximate surface area is 186 Å². The molecule has 8 heteroatoms. The third-order valence-electron chi connectivity index (χ3n) is 5.16. The first-order chi connectivity index (χ1) is 15.0. The number of benzene rings is 2. The van der Waals surface area contributed by atoms with E-state index in [-0.39, 0.29) is 17.7 Å². The summed E-state index contributed by atoms with van der Waals surface area (Å²) in [4.78, 5) is 39.3. The lowest BCUT2D eigenvalue weighted by Crippen LogP contribution is -2.47. The van der Waals surface area contributed by atoms with Gasteiger partial charge in [0, 0.05) is 24.7 Å². The number of halogens is 1. The van der Waals surface area contributed by atoms with E-state index in [1.807, 2.05) is 30.3 Å². The number of carbonyl (C=O) groups is 3. The van der Waals surface area contributed by atoms with Crippen molar-refractivity contribution in [2.75, 3.05) is 26.7 Å². The Morgan fingerprint density at radius 3 is 2.58 bits per heavy atom. The van der Waals surface area contributed by atoms with E-state index in [9.17, 15) is 14.4 Å². The lowest BCUT2D eigenvalue weighted by molar-refractivity contribution is -0.125. The first-order valence-corrected chi connectivity index (χ1v) is 10.6. The first-order valence-electron chi connectivity index (χ1n) is 10.2. The second kappa shape index (κ2) is 10.8. The fourth-order valence-electron chi connectivity index (χ4n) is 3.63. The Morgan fingerprint density at radius 2 is 1.84 bits per heavy atom. The number of rotatable bonds is 8. The zero-order chi connectivity index (χ0) is 22.2. The maximum absolute atomic E-state index is 13.0. The van der Waals surface area contributed by atoms with E-state index in [2.05, 4.69) is 10.6 Å². The predicted octanol–water partition coefficient (Wildman–Crippen LogP) is 2.43. The van der Waals surface area contributed by atoms with Crippen molar-refractivity contribution in [3.8, 4) is 5.75 Å². The van der Waals surface area contributed by atoms with Crippen LogP contribution < -0.4 is 15.4 Å². The Bertz CT molecular complexity index is 936. The molecular weight excluding hydrogens is 418 g/mol. The van der Waals surface area contributed by atoms with Gasteiger partial charge in [0.15, 0.2) is 0 Å². The molecule has 31 heavy (non-hydrogen) atoms. The highest BCUT2D eigenvalue weighted by molar-refractivity contribution is 6.31. The molecule has 1 heterocycles. The SMILES string of the molecule is COc1ccc(Cl)cc1C(=O)N1CCCC1C(=O)NCCNC(=O)Cc1ccccc1. The molecule has 1 aliphatic heterocycles. The maximum Gasteiger partial charge on any atom is 0.258 e. The van der Waals surface area contributed by atoms with Gasteiger partial charge in [-0.3, -0.25) is 14.4 Å². The minimum absolute atomic E-state index is 0.105. The number of nitrogens with one attached hydrogen (secondary N) is 2. The normalized spacial score (nSPS) is 15.4. The van der Waals surface area contributed by atoms with Gasteiger partial charge in [0.1, 0.15) is 11.8 Å². The molecule has 0 aliphatic carbocycles. The van der Waals surface area contributed by atoms with Crippen LogP contribution in [-0.4, -0.2) is 55.4 Å². The van der Waals surface area contributed by atoms with Gasteiger partial charge >= 0.3 is 0 Å². The summed E-state index contributed by atoms with van der Waals surface area (Å²) in [7, 11) is 1.49. The van der Waals surface area contributed by atoms with Crippen LogP contribution in [0.15, 0.2) is 48.5 Å². The number of hydrogen-bond donors (Lipinski definition) is 2. The maximum atomic E-state index is 13.0. The van der Waals surface area contributed by atoms with E-state index in [0.717, 1.165) is 12.0 Å². The molecule has 1 aliphatic rings. The number of amides is 3. The predicted molar refractivity (Wildman–Crippen MR) is 118 cm³/mol. The van der Waals surface area contributed by atoms with E-state index in [4.69, 9.17) is 16.3 Å². The molecular formula is C23H26ClN3O4. The number of ether oxygens (including phenoxy) is 1. The van der Waals surface area contributed by atoms with E-state index in [1.54, 1.807) is 23.1 Å². The topological polar surface area (TPSA) is 87.7 Å². The van der Waals surface area contributed by atoms with Gasteiger partial charge in [-0.25, -0.2) is 0 Å². The molecule has 0 bridgehead atoms. The van der Waals surface area contributed by atoms with Gasteiger partial charge in [-0.2, -0.15) is 0 Å². The number of likely N-dealkylation sites (tertiary alicyclic amines) is 1. The van der Waals surface area contributed by atoms with Crippen molar-refractivity contribution in [3.63, 3.8) is 0 Å². The highest BCUT2D eigenvalue weighted by Crippen LogP contribution is 2.27. The van der Waals surface area contributed by atoms with Gasteiger partial charge in [0.05, 0.1) is 19.1 Å². The third-order valence-corrected chi connectivity index (χ3v) is 5.40.